The molecular formula is C20H16F3N9O. The fourth-order valence-corrected chi connectivity index (χ4v) is 3.19. The molecule has 0 atom stereocenters. The topological polar surface area (TPSA) is 118 Å². The molecule has 1 fully saturated rings. The van der Waals surface area contributed by atoms with Crippen LogP contribution in [0.4, 0.5) is 30.4 Å². The molecule has 0 spiro atoms. The monoisotopic (exact) mass is 455 g/mol. The molecule has 10 nitrogen and oxygen atoms in total. The summed E-state index contributed by atoms with van der Waals surface area (Å²) >= 11 is 0. The molecule has 33 heavy (non-hydrogen) atoms. The zero-order valence-corrected chi connectivity index (χ0v) is 16.9. The van der Waals surface area contributed by atoms with Crippen molar-refractivity contribution in [2.45, 2.75) is 25.1 Å². The Morgan fingerprint density at radius 3 is 2.76 bits per heavy atom. The standard InChI is InChI=1S/C20H16F3N9O/c21-20(22,23)9-33-16-4-13(3-14(5-16)31-11-25-10-27-31)29-18-6-17(28-12-1-2-12)19-26-8-15(7-24)32(19)30-18/h3-6,8,10-12,28H,1-2,9H2,(H,29,30). The Hall–Kier alpha value is -4.34. The number of ether oxygens (including phenoxy) is 1. The van der Waals surface area contributed by atoms with E-state index in [0.29, 0.717) is 34.6 Å². The Morgan fingerprint density at radius 2 is 2.06 bits per heavy atom. The van der Waals surface area contributed by atoms with Gasteiger partial charge in [0.1, 0.15) is 24.5 Å². The molecule has 0 unspecified atom stereocenters. The summed E-state index contributed by atoms with van der Waals surface area (Å²) in [7, 11) is 0. The number of nitrogens with zero attached hydrogens (tertiary/aromatic N) is 7. The van der Waals surface area contributed by atoms with Gasteiger partial charge in [-0.3, -0.25) is 0 Å². The molecule has 0 amide bonds. The molecule has 3 heterocycles. The van der Waals surface area contributed by atoms with E-state index in [2.05, 4.69) is 30.8 Å². The largest absolute Gasteiger partial charge is 0.484 e. The minimum atomic E-state index is -4.48. The van der Waals surface area contributed by atoms with Crippen molar-refractivity contribution in [2.24, 2.45) is 0 Å². The van der Waals surface area contributed by atoms with E-state index < -0.39 is 12.8 Å². The van der Waals surface area contributed by atoms with Crippen LogP contribution in [0.2, 0.25) is 0 Å². The normalized spacial score (nSPS) is 13.6. The van der Waals surface area contributed by atoms with E-state index in [1.165, 1.54) is 40.2 Å². The number of rotatable bonds is 7. The predicted octanol–water partition coefficient (Wildman–Crippen LogP) is 3.44. The van der Waals surface area contributed by atoms with Crippen LogP contribution in [0.5, 0.6) is 5.75 Å². The van der Waals surface area contributed by atoms with Crippen LogP contribution in [-0.2, 0) is 0 Å². The molecule has 1 aliphatic carbocycles. The first-order valence-corrected chi connectivity index (χ1v) is 9.90. The van der Waals surface area contributed by atoms with Crippen molar-refractivity contribution in [3.05, 3.63) is 48.8 Å². The smallest absolute Gasteiger partial charge is 0.422 e. The van der Waals surface area contributed by atoms with Crippen molar-refractivity contribution in [3.63, 3.8) is 0 Å². The van der Waals surface area contributed by atoms with Gasteiger partial charge in [0, 0.05) is 29.9 Å². The van der Waals surface area contributed by atoms with Gasteiger partial charge in [-0.1, -0.05) is 0 Å². The Bertz CT molecular complexity index is 1340. The summed E-state index contributed by atoms with van der Waals surface area (Å²) in [5.41, 5.74) is 2.29. The molecule has 4 aromatic rings. The van der Waals surface area contributed by atoms with E-state index in [1.54, 1.807) is 12.1 Å². The summed E-state index contributed by atoms with van der Waals surface area (Å²) in [5.74, 6) is 0.346. The Labute approximate surface area is 184 Å². The van der Waals surface area contributed by atoms with Crippen LogP contribution in [0.15, 0.2) is 43.1 Å². The second-order valence-electron chi connectivity index (χ2n) is 7.44. The van der Waals surface area contributed by atoms with Crippen LogP contribution in [0.3, 0.4) is 0 Å². The molecule has 5 rings (SSSR count). The summed E-state index contributed by atoms with van der Waals surface area (Å²) in [4.78, 5) is 8.14. The maximum absolute atomic E-state index is 12.7. The first-order valence-electron chi connectivity index (χ1n) is 9.90. The number of hydrogen-bond donors (Lipinski definition) is 2. The lowest BCUT2D eigenvalue weighted by molar-refractivity contribution is -0.153. The van der Waals surface area contributed by atoms with Crippen molar-refractivity contribution in [1.29, 1.82) is 5.26 Å². The second kappa shape index (κ2) is 7.97. The van der Waals surface area contributed by atoms with Gasteiger partial charge in [0.15, 0.2) is 23.8 Å². The Balaban J connectivity index is 1.52. The number of fused-ring (bicyclic) bond motifs is 1. The van der Waals surface area contributed by atoms with Crippen LogP contribution in [0.1, 0.15) is 18.5 Å². The second-order valence-corrected chi connectivity index (χ2v) is 7.44. The van der Waals surface area contributed by atoms with Gasteiger partial charge in [-0.25, -0.2) is 14.6 Å². The van der Waals surface area contributed by atoms with Gasteiger partial charge in [0.2, 0.25) is 0 Å². The van der Waals surface area contributed by atoms with E-state index >= 15 is 0 Å². The van der Waals surface area contributed by atoms with Gasteiger partial charge in [-0.05, 0) is 18.9 Å². The van der Waals surface area contributed by atoms with Gasteiger partial charge in [0.05, 0.1) is 17.6 Å². The van der Waals surface area contributed by atoms with E-state index in [0.717, 1.165) is 12.8 Å². The molecule has 2 N–H and O–H groups in total. The number of alkyl halides is 3. The summed E-state index contributed by atoms with van der Waals surface area (Å²) in [5, 5.41) is 24.3. The van der Waals surface area contributed by atoms with Crippen LogP contribution in [-0.4, -0.2) is 48.2 Å². The summed E-state index contributed by atoms with van der Waals surface area (Å²) in [6.45, 7) is -1.44. The Morgan fingerprint density at radius 1 is 1.21 bits per heavy atom. The fourth-order valence-electron chi connectivity index (χ4n) is 3.19. The number of aromatic nitrogens is 6. The highest BCUT2D eigenvalue weighted by Crippen LogP contribution is 2.31. The number of benzene rings is 1. The molecule has 0 saturated heterocycles. The average Bonchev–Trinajstić information content (AvgIpc) is 3.25. The zero-order chi connectivity index (χ0) is 23.0. The molecule has 3 aromatic heterocycles. The van der Waals surface area contributed by atoms with Crippen molar-refractivity contribution in [3.8, 4) is 17.5 Å². The summed E-state index contributed by atoms with van der Waals surface area (Å²) in [6, 6.07) is 8.61. The maximum Gasteiger partial charge on any atom is 0.422 e. The van der Waals surface area contributed by atoms with Crippen LogP contribution in [0, 0.1) is 11.3 Å². The van der Waals surface area contributed by atoms with Gasteiger partial charge in [-0.2, -0.15) is 28.0 Å². The molecule has 0 radical (unpaired) electrons. The highest BCUT2D eigenvalue weighted by Gasteiger charge is 2.28. The molecule has 1 aromatic carbocycles. The van der Waals surface area contributed by atoms with Crippen LogP contribution in [0.25, 0.3) is 11.3 Å². The fraction of sp³-hybridized carbons (Fsp3) is 0.250. The molecule has 168 valence electrons. The number of hydrogen-bond acceptors (Lipinski definition) is 8. The first kappa shape index (κ1) is 20.6. The molecular weight excluding hydrogens is 439 g/mol. The molecule has 1 aliphatic rings. The van der Waals surface area contributed by atoms with Gasteiger partial charge in [-0.15, -0.1) is 5.10 Å². The number of nitriles is 1. The average molecular weight is 455 g/mol. The molecule has 13 heteroatoms. The predicted molar refractivity (Wildman–Crippen MR) is 111 cm³/mol. The third-order valence-electron chi connectivity index (χ3n) is 4.77. The van der Waals surface area contributed by atoms with Gasteiger partial charge >= 0.3 is 6.18 Å². The maximum atomic E-state index is 12.7. The highest BCUT2D eigenvalue weighted by atomic mass is 19.4. The SMILES string of the molecule is N#Cc1cnc2c(NC3CC3)cc(Nc3cc(OCC(F)(F)F)cc(-n4cncn4)c3)nn12. The van der Waals surface area contributed by atoms with E-state index in [1.807, 2.05) is 6.07 Å². The zero-order valence-electron chi connectivity index (χ0n) is 16.9. The number of anilines is 3. The van der Waals surface area contributed by atoms with Gasteiger partial charge < -0.3 is 15.4 Å². The third kappa shape index (κ3) is 4.64. The van der Waals surface area contributed by atoms with Crippen molar-refractivity contribution >= 4 is 22.8 Å². The quantitative estimate of drug-likeness (QED) is 0.435. The summed E-state index contributed by atoms with van der Waals surface area (Å²) in [6.07, 6.45) is 1.73. The minimum absolute atomic E-state index is 0.0134. The highest BCUT2D eigenvalue weighted by molar-refractivity contribution is 5.74. The van der Waals surface area contributed by atoms with Crippen molar-refractivity contribution in [1.82, 2.24) is 29.4 Å². The summed E-state index contributed by atoms with van der Waals surface area (Å²) < 4.78 is 45.8. The minimum Gasteiger partial charge on any atom is -0.484 e. The lowest BCUT2D eigenvalue weighted by Gasteiger charge is -2.14. The van der Waals surface area contributed by atoms with E-state index in [9.17, 15) is 18.4 Å². The lowest BCUT2D eigenvalue weighted by atomic mass is 10.2. The van der Waals surface area contributed by atoms with Gasteiger partial charge in [0.25, 0.3) is 0 Å². The van der Waals surface area contributed by atoms with E-state index in [-0.39, 0.29) is 11.4 Å². The van der Waals surface area contributed by atoms with Crippen LogP contribution < -0.4 is 15.4 Å². The lowest BCUT2D eigenvalue weighted by Crippen LogP contribution is -2.19. The first-order chi connectivity index (χ1) is 15.9. The molecule has 1 saturated carbocycles. The van der Waals surface area contributed by atoms with Crippen molar-refractivity contribution < 1.29 is 17.9 Å². The molecule has 0 bridgehead atoms. The van der Waals surface area contributed by atoms with Crippen molar-refractivity contribution in [2.75, 3.05) is 17.2 Å². The third-order valence-corrected chi connectivity index (χ3v) is 4.77. The van der Waals surface area contributed by atoms with E-state index in [4.69, 9.17) is 4.74 Å². The number of imidazole rings is 1. The van der Waals surface area contributed by atoms with Crippen LogP contribution >= 0.6 is 0 Å². The number of nitrogens with one attached hydrogen (secondary N) is 2. The number of halogens is 3. The molecule has 0 aliphatic heterocycles. The Kier molecular flexibility index (Phi) is 4.97.